The molecule has 0 aliphatic carbocycles. The van der Waals surface area contributed by atoms with Crippen LogP contribution in [-0.4, -0.2) is 52.7 Å². The molecule has 0 saturated carbocycles. The highest BCUT2D eigenvalue weighted by Gasteiger charge is 2.43. The number of hydrogen-bond acceptors (Lipinski definition) is 7. The van der Waals surface area contributed by atoms with Gasteiger partial charge in [-0.3, -0.25) is 4.79 Å². The maximum Gasteiger partial charge on any atom is 0.230 e. The number of carbonyl (C=O) groups excluding carboxylic acids is 1. The van der Waals surface area contributed by atoms with E-state index in [-0.39, 0.29) is 22.9 Å². The molecule has 2 aliphatic rings. The Balaban J connectivity index is 1.52. The highest BCUT2D eigenvalue weighted by Crippen LogP contribution is 2.38. The van der Waals surface area contributed by atoms with Gasteiger partial charge in [-0.05, 0) is 44.7 Å². The molecule has 8 nitrogen and oxygen atoms in total. The Morgan fingerprint density at radius 3 is 2.91 bits per heavy atom. The van der Waals surface area contributed by atoms with Crippen molar-refractivity contribution in [3.05, 3.63) is 52.7 Å². The van der Waals surface area contributed by atoms with Crippen molar-refractivity contribution in [2.75, 3.05) is 25.5 Å². The van der Waals surface area contributed by atoms with E-state index in [4.69, 9.17) is 20.9 Å². The number of nitrogens with one attached hydrogen (secondary N) is 2. The van der Waals surface area contributed by atoms with Crippen molar-refractivity contribution in [3.8, 4) is 5.88 Å². The number of anilines is 1. The molecule has 4 heterocycles. The molecule has 0 unspecified atom stereocenters. The van der Waals surface area contributed by atoms with E-state index < -0.39 is 11.7 Å². The summed E-state index contributed by atoms with van der Waals surface area (Å²) >= 11 is 0. The van der Waals surface area contributed by atoms with Crippen LogP contribution in [0.5, 0.6) is 5.88 Å². The molecule has 1 fully saturated rings. The van der Waals surface area contributed by atoms with E-state index in [1.54, 1.807) is 11.8 Å². The van der Waals surface area contributed by atoms with Crippen LogP contribution in [0.25, 0.3) is 5.57 Å². The van der Waals surface area contributed by atoms with Crippen molar-refractivity contribution >= 4 is 23.5 Å². The molecule has 33 heavy (non-hydrogen) atoms. The number of fused-ring (bicyclic) bond motifs is 1. The summed E-state index contributed by atoms with van der Waals surface area (Å²) in [5.74, 6) is -0.170. The first kappa shape index (κ1) is 22.7. The summed E-state index contributed by atoms with van der Waals surface area (Å²) in [5.41, 5.74) is 9.05. The molecule has 2 aromatic heterocycles. The first-order valence-corrected chi connectivity index (χ1v) is 11.0. The molecule has 9 heteroatoms. The number of carbonyl (C=O) groups is 1. The maximum atomic E-state index is 14.4. The zero-order chi connectivity index (χ0) is 23.8. The fraction of sp³-hybridized carbons (Fsp3) is 0.417. The van der Waals surface area contributed by atoms with Crippen LogP contribution in [0.15, 0.2) is 24.5 Å². The smallest absolute Gasteiger partial charge is 0.230 e. The van der Waals surface area contributed by atoms with Gasteiger partial charge in [0.1, 0.15) is 11.6 Å². The second kappa shape index (κ2) is 8.80. The Labute approximate surface area is 192 Å². The van der Waals surface area contributed by atoms with Crippen LogP contribution in [-0.2, 0) is 11.2 Å². The van der Waals surface area contributed by atoms with E-state index in [2.05, 4.69) is 10.3 Å². The Morgan fingerprint density at radius 2 is 2.21 bits per heavy atom. The van der Waals surface area contributed by atoms with Crippen LogP contribution in [0.3, 0.4) is 0 Å². The second-order valence-electron chi connectivity index (χ2n) is 8.78. The zero-order valence-electron chi connectivity index (χ0n) is 19.1. The number of nitrogens with two attached hydrogens (primary N) is 1. The van der Waals surface area contributed by atoms with E-state index in [1.807, 2.05) is 13.0 Å². The van der Waals surface area contributed by atoms with Gasteiger partial charge in [0.2, 0.25) is 11.8 Å². The van der Waals surface area contributed by atoms with Gasteiger partial charge in [0.05, 0.1) is 24.8 Å². The number of methoxy groups -OCH3 is 1. The zero-order valence-corrected chi connectivity index (χ0v) is 19.1. The molecule has 1 spiro atoms. The highest BCUT2D eigenvalue weighted by molar-refractivity contribution is 6.08. The number of pyridine rings is 2. The van der Waals surface area contributed by atoms with Gasteiger partial charge in [-0.25, -0.2) is 14.4 Å². The number of amides is 1. The summed E-state index contributed by atoms with van der Waals surface area (Å²) in [4.78, 5) is 23.6. The number of rotatable bonds is 5. The predicted molar refractivity (Wildman–Crippen MR) is 125 cm³/mol. The second-order valence-corrected chi connectivity index (χ2v) is 8.78. The van der Waals surface area contributed by atoms with E-state index in [0.29, 0.717) is 18.7 Å². The minimum absolute atomic E-state index is 0.116. The van der Waals surface area contributed by atoms with Crippen molar-refractivity contribution in [2.24, 2.45) is 5.73 Å². The number of aromatic nitrogens is 2. The summed E-state index contributed by atoms with van der Waals surface area (Å²) < 4.78 is 19.5. The van der Waals surface area contributed by atoms with Gasteiger partial charge >= 0.3 is 0 Å². The first-order chi connectivity index (χ1) is 15.8. The van der Waals surface area contributed by atoms with Crippen LogP contribution in [0, 0.1) is 18.2 Å². The molecular formula is C24H29FN6O2. The highest BCUT2D eigenvalue weighted by atomic mass is 19.1. The molecule has 4 rings (SSSR count). The summed E-state index contributed by atoms with van der Waals surface area (Å²) in [5, 5.41) is 11.2. The van der Waals surface area contributed by atoms with E-state index in [9.17, 15) is 9.18 Å². The number of likely N-dealkylation sites (tertiary alicyclic amines) is 1. The molecule has 2 atom stereocenters. The average molecular weight is 453 g/mol. The van der Waals surface area contributed by atoms with Crippen LogP contribution in [0.4, 0.5) is 10.2 Å². The SMILES string of the molecule is COc1cc([C@@H](C)C(=O)N2CC[C@]3(CCc4cc(/C(C=N)=C/N)c(C)nc4N3)C2)c(F)cn1. The van der Waals surface area contributed by atoms with Crippen molar-refractivity contribution < 1.29 is 13.9 Å². The topological polar surface area (TPSA) is 117 Å². The third-order valence-corrected chi connectivity index (χ3v) is 6.77. The Hall–Kier alpha value is -3.49. The van der Waals surface area contributed by atoms with Crippen LogP contribution < -0.4 is 15.8 Å². The van der Waals surface area contributed by atoms with Crippen LogP contribution >= 0.6 is 0 Å². The summed E-state index contributed by atoms with van der Waals surface area (Å²) in [6, 6.07) is 3.53. The van der Waals surface area contributed by atoms with Gasteiger partial charge in [0.25, 0.3) is 0 Å². The summed E-state index contributed by atoms with van der Waals surface area (Å²) in [7, 11) is 1.46. The van der Waals surface area contributed by atoms with Gasteiger partial charge in [-0.15, -0.1) is 0 Å². The predicted octanol–water partition coefficient (Wildman–Crippen LogP) is 3.01. The van der Waals surface area contributed by atoms with Crippen molar-refractivity contribution in [3.63, 3.8) is 0 Å². The number of nitrogens with zero attached hydrogens (tertiary/aromatic N) is 3. The molecule has 174 valence electrons. The normalized spacial score (nSPS) is 20.8. The Bertz CT molecular complexity index is 1130. The van der Waals surface area contributed by atoms with Crippen LogP contribution in [0.2, 0.25) is 0 Å². The van der Waals surface area contributed by atoms with E-state index in [0.717, 1.165) is 48.1 Å². The van der Waals surface area contributed by atoms with Gasteiger partial charge in [-0.2, -0.15) is 0 Å². The van der Waals surface area contributed by atoms with E-state index in [1.165, 1.54) is 25.6 Å². The van der Waals surface area contributed by atoms with Gasteiger partial charge in [-0.1, -0.05) is 0 Å². The molecule has 1 saturated heterocycles. The first-order valence-electron chi connectivity index (χ1n) is 11.0. The summed E-state index contributed by atoms with van der Waals surface area (Å²) in [6.07, 6.45) is 6.21. The summed E-state index contributed by atoms with van der Waals surface area (Å²) in [6.45, 7) is 4.75. The lowest BCUT2D eigenvalue weighted by Gasteiger charge is -2.36. The van der Waals surface area contributed by atoms with Crippen molar-refractivity contribution in [1.82, 2.24) is 14.9 Å². The molecule has 1 amide bonds. The fourth-order valence-electron chi connectivity index (χ4n) is 4.79. The largest absolute Gasteiger partial charge is 0.481 e. The average Bonchev–Trinajstić information content (AvgIpc) is 3.22. The number of hydrogen-bond donors (Lipinski definition) is 3. The molecule has 0 bridgehead atoms. The lowest BCUT2D eigenvalue weighted by Crippen LogP contribution is -2.46. The van der Waals surface area contributed by atoms with Gasteiger partial charge in [0, 0.05) is 54.0 Å². The fourth-order valence-corrected chi connectivity index (χ4v) is 4.79. The molecule has 2 aliphatic heterocycles. The van der Waals surface area contributed by atoms with Crippen molar-refractivity contribution in [2.45, 2.75) is 44.6 Å². The lowest BCUT2D eigenvalue weighted by atomic mass is 9.86. The maximum absolute atomic E-state index is 14.4. The Kier molecular flexibility index (Phi) is 6.05. The standard InChI is InChI=1S/C24H29FN6O2/c1-14(18-9-21(33-3)28-12-20(18)25)23(32)31-7-6-24(13-31)5-4-16-8-19(17(10-26)11-27)15(2)29-22(16)30-24/h8-12,14,26H,4-7,13,27H2,1-3H3,(H,29,30)/b17-11+,26-10?/t14-,24-/m1/s1. The van der Waals surface area contributed by atoms with Crippen molar-refractivity contribution in [1.29, 1.82) is 5.41 Å². The van der Waals surface area contributed by atoms with Gasteiger partial charge < -0.3 is 26.1 Å². The Morgan fingerprint density at radius 1 is 1.42 bits per heavy atom. The van der Waals surface area contributed by atoms with Crippen LogP contribution in [0.1, 0.15) is 48.1 Å². The molecule has 0 radical (unpaired) electrons. The van der Waals surface area contributed by atoms with E-state index >= 15 is 0 Å². The molecule has 4 N–H and O–H groups in total. The van der Waals surface area contributed by atoms with Gasteiger partial charge in [0.15, 0.2) is 0 Å². The third kappa shape index (κ3) is 4.15. The lowest BCUT2D eigenvalue weighted by molar-refractivity contribution is -0.131. The minimum atomic E-state index is -0.640. The molecular weight excluding hydrogens is 423 g/mol. The third-order valence-electron chi connectivity index (χ3n) is 6.77. The minimum Gasteiger partial charge on any atom is -0.481 e. The number of aryl methyl sites for hydroxylation is 2. The number of halogens is 1. The monoisotopic (exact) mass is 452 g/mol. The quantitative estimate of drug-likeness (QED) is 0.601. The molecule has 2 aromatic rings. The molecule has 0 aromatic carbocycles. The number of ether oxygens (including phenoxy) is 1. The number of allylic oxidation sites excluding steroid dienone is 1.